The Morgan fingerprint density at radius 3 is 2.53 bits per heavy atom. The van der Waals surface area contributed by atoms with Gasteiger partial charge in [-0.25, -0.2) is 0 Å². The summed E-state index contributed by atoms with van der Waals surface area (Å²) in [6.07, 6.45) is 4.62. The van der Waals surface area contributed by atoms with Crippen molar-refractivity contribution in [1.82, 2.24) is 0 Å². The van der Waals surface area contributed by atoms with Crippen LogP contribution in [0.4, 0.5) is 5.69 Å². The average molecular weight is 231 g/mol. The second kappa shape index (κ2) is 5.35. The van der Waals surface area contributed by atoms with Gasteiger partial charge in [0.2, 0.25) is 5.91 Å². The molecule has 17 heavy (non-hydrogen) atoms. The second-order valence-electron chi connectivity index (χ2n) is 5.11. The lowest BCUT2D eigenvalue weighted by Crippen LogP contribution is -2.14. The Balaban J connectivity index is 1.87. The molecule has 0 heterocycles. The van der Waals surface area contributed by atoms with Gasteiger partial charge in [0.1, 0.15) is 0 Å². The lowest BCUT2D eigenvalue weighted by molar-refractivity contribution is -0.117. The van der Waals surface area contributed by atoms with Crippen molar-refractivity contribution in [3.63, 3.8) is 0 Å². The minimum Gasteiger partial charge on any atom is -0.326 e. The standard InChI is InChI=1S/C15H21NO/c1-3-4-5-12-6-8-13(9-7-12)16-15(17)14-10-11(14)2/h6-9,11,14H,3-5,10H2,1-2H3,(H,16,17)/t11-,14-/m1/s1. The van der Waals surface area contributed by atoms with Crippen molar-refractivity contribution in [2.24, 2.45) is 11.8 Å². The molecule has 92 valence electrons. The molecule has 0 radical (unpaired) electrons. The van der Waals surface area contributed by atoms with Crippen LogP contribution >= 0.6 is 0 Å². The molecule has 2 heteroatoms. The highest BCUT2D eigenvalue weighted by atomic mass is 16.2. The maximum absolute atomic E-state index is 11.7. The minimum atomic E-state index is 0.179. The third-order valence-corrected chi connectivity index (χ3v) is 3.49. The highest BCUT2D eigenvalue weighted by molar-refractivity contribution is 5.94. The van der Waals surface area contributed by atoms with Crippen LogP contribution in [0.25, 0.3) is 0 Å². The summed E-state index contributed by atoms with van der Waals surface area (Å²) in [7, 11) is 0. The normalized spacial score (nSPS) is 22.2. The van der Waals surface area contributed by atoms with Crippen LogP contribution in [0.1, 0.15) is 38.7 Å². The van der Waals surface area contributed by atoms with E-state index in [4.69, 9.17) is 0 Å². The smallest absolute Gasteiger partial charge is 0.227 e. The van der Waals surface area contributed by atoms with Gasteiger partial charge < -0.3 is 5.32 Å². The summed E-state index contributed by atoms with van der Waals surface area (Å²) >= 11 is 0. The zero-order chi connectivity index (χ0) is 12.3. The first-order valence-corrected chi connectivity index (χ1v) is 6.60. The van der Waals surface area contributed by atoms with Gasteiger partial charge in [-0.05, 0) is 42.9 Å². The molecule has 2 rings (SSSR count). The van der Waals surface area contributed by atoms with Crippen LogP contribution in [0.5, 0.6) is 0 Å². The van der Waals surface area contributed by atoms with Gasteiger partial charge >= 0.3 is 0 Å². The molecule has 0 aromatic heterocycles. The number of carbonyl (C=O) groups excluding carboxylic acids is 1. The summed E-state index contributed by atoms with van der Waals surface area (Å²) in [6, 6.07) is 8.25. The van der Waals surface area contributed by atoms with Crippen molar-refractivity contribution in [1.29, 1.82) is 0 Å². The minimum absolute atomic E-state index is 0.179. The summed E-state index contributed by atoms with van der Waals surface area (Å²) in [5.41, 5.74) is 2.28. The predicted octanol–water partition coefficient (Wildman–Crippen LogP) is 3.62. The molecule has 2 atom stereocenters. The molecule has 0 saturated heterocycles. The predicted molar refractivity (Wildman–Crippen MR) is 71.0 cm³/mol. The highest BCUT2D eigenvalue weighted by Crippen LogP contribution is 2.38. The monoisotopic (exact) mass is 231 g/mol. The number of amides is 1. The number of anilines is 1. The van der Waals surface area contributed by atoms with Gasteiger partial charge in [-0.1, -0.05) is 32.4 Å². The Kier molecular flexibility index (Phi) is 3.82. The fourth-order valence-corrected chi connectivity index (χ4v) is 2.06. The average Bonchev–Trinajstić information content (AvgIpc) is 3.06. The number of nitrogens with one attached hydrogen (secondary N) is 1. The molecule has 1 aliphatic carbocycles. The number of carbonyl (C=O) groups is 1. The van der Waals surface area contributed by atoms with Crippen LogP contribution in [0.15, 0.2) is 24.3 Å². The van der Waals surface area contributed by atoms with E-state index in [0.717, 1.165) is 18.5 Å². The molecule has 1 aromatic carbocycles. The fourth-order valence-electron chi connectivity index (χ4n) is 2.06. The molecule has 1 aliphatic rings. The fraction of sp³-hybridized carbons (Fsp3) is 0.533. The molecular formula is C15H21NO. The number of benzene rings is 1. The molecule has 0 aliphatic heterocycles. The largest absolute Gasteiger partial charge is 0.326 e. The zero-order valence-electron chi connectivity index (χ0n) is 10.7. The SMILES string of the molecule is CCCCc1ccc(NC(=O)[C@@H]2C[C@H]2C)cc1. The molecule has 0 unspecified atom stereocenters. The van der Waals surface area contributed by atoms with Gasteiger partial charge in [0.05, 0.1) is 0 Å². The Morgan fingerprint density at radius 2 is 2.00 bits per heavy atom. The van der Waals surface area contributed by atoms with Crippen LogP contribution in [0.3, 0.4) is 0 Å². The summed E-state index contributed by atoms with van der Waals surface area (Å²) < 4.78 is 0. The third-order valence-electron chi connectivity index (χ3n) is 3.49. The Hall–Kier alpha value is -1.31. The van der Waals surface area contributed by atoms with Gasteiger partial charge in [0.25, 0.3) is 0 Å². The Bertz CT molecular complexity index is 382. The van der Waals surface area contributed by atoms with Gasteiger partial charge in [0, 0.05) is 11.6 Å². The molecule has 1 aromatic rings. The van der Waals surface area contributed by atoms with Crippen LogP contribution in [-0.4, -0.2) is 5.91 Å². The van der Waals surface area contributed by atoms with E-state index in [0.29, 0.717) is 5.92 Å². The van der Waals surface area contributed by atoms with Crippen molar-refractivity contribution in [3.8, 4) is 0 Å². The maximum Gasteiger partial charge on any atom is 0.227 e. The van der Waals surface area contributed by atoms with Crippen molar-refractivity contribution >= 4 is 11.6 Å². The first kappa shape index (κ1) is 12.2. The Labute approximate surface area is 103 Å². The summed E-state index contributed by atoms with van der Waals surface area (Å²) in [5, 5.41) is 2.98. The van der Waals surface area contributed by atoms with Crippen LogP contribution in [0.2, 0.25) is 0 Å². The van der Waals surface area contributed by atoms with Crippen molar-refractivity contribution < 1.29 is 4.79 Å². The van der Waals surface area contributed by atoms with E-state index in [9.17, 15) is 4.79 Å². The number of hydrogen-bond donors (Lipinski definition) is 1. The lowest BCUT2D eigenvalue weighted by atomic mass is 10.1. The highest BCUT2D eigenvalue weighted by Gasteiger charge is 2.38. The van der Waals surface area contributed by atoms with Gasteiger partial charge in [-0.15, -0.1) is 0 Å². The quantitative estimate of drug-likeness (QED) is 0.823. The van der Waals surface area contributed by atoms with Gasteiger partial charge in [0.15, 0.2) is 0 Å². The molecule has 0 bridgehead atoms. The topological polar surface area (TPSA) is 29.1 Å². The van der Waals surface area contributed by atoms with E-state index in [-0.39, 0.29) is 11.8 Å². The molecule has 1 saturated carbocycles. The maximum atomic E-state index is 11.7. The molecule has 1 N–H and O–H groups in total. The van der Waals surface area contributed by atoms with E-state index in [1.54, 1.807) is 0 Å². The molecule has 1 amide bonds. The molecular weight excluding hydrogens is 210 g/mol. The van der Waals surface area contributed by atoms with Crippen LogP contribution in [-0.2, 0) is 11.2 Å². The third kappa shape index (κ3) is 3.32. The first-order valence-electron chi connectivity index (χ1n) is 6.60. The molecule has 2 nitrogen and oxygen atoms in total. The van der Waals surface area contributed by atoms with E-state index in [2.05, 4.69) is 31.3 Å². The van der Waals surface area contributed by atoms with Gasteiger partial charge in [-0.2, -0.15) is 0 Å². The van der Waals surface area contributed by atoms with Crippen molar-refractivity contribution in [3.05, 3.63) is 29.8 Å². The number of hydrogen-bond acceptors (Lipinski definition) is 1. The van der Waals surface area contributed by atoms with Crippen LogP contribution in [0, 0.1) is 11.8 Å². The number of aryl methyl sites for hydroxylation is 1. The zero-order valence-corrected chi connectivity index (χ0v) is 10.7. The Morgan fingerprint density at radius 1 is 1.35 bits per heavy atom. The van der Waals surface area contributed by atoms with Crippen molar-refractivity contribution in [2.75, 3.05) is 5.32 Å². The molecule has 1 fully saturated rings. The van der Waals surface area contributed by atoms with E-state index < -0.39 is 0 Å². The lowest BCUT2D eigenvalue weighted by Gasteiger charge is -2.06. The number of rotatable bonds is 5. The van der Waals surface area contributed by atoms with E-state index in [1.165, 1.54) is 18.4 Å². The number of unbranched alkanes of at least 4 members (excludes halogenated alkanes) is 1. The summed E-state index contributed by atoms with van der Waals surface area (Å²) in [6.45, 7) is 4.32. The summed E-state index contributed by atoms with van der Waals surface area (Å²) in [4.78, 5) is 11.7. The molecule has 0 spiro atoms. The van der Waals surface area contributed by atoms with E-state index in [1.807, 2.05) is 12.1 Å². The first-order chi connectivity index (χ1) is 8.20. The summed E-state index contributed by atoms with van der Waals surface area (Å²) in [5.74, 6) is 0.993. The van der Waals surface area contributed by atoms with Gasteiger partial charge in [-0.3, -0.25) is 4.79 Å². The van der Waals surface area contributed by atoms with Crippen LogP contribution < -0.4 is 5.32 Å². The van der Waals surface area contributed by atoms with Crippen molar-refractivity contribution in [2.45, 2.75) is 39.5 Å². The second-order valence-corrected chi connectivity index (χ2v) is 5.11. The van der Waals surface area contributed by atoms with E-state index >= 15 is 0 Å².